The first-order valence-corrected chi connectivity index (χ1v) is 7.36. The summed E-state index contributed by atoms with van der Waals surface area (Å²) in [5.41, 5.74) is 1.02. The summed E-state index contributed by atoms with van der Waals surface area (Å²) >= 11 is 0. The number of benzene rings is 1. The number of rotatable bonds is 7. The van der Waals surface area contributed by atoms with Gasteiger partial charge in [0.2, 0.25) is 5.91 Å². The average molecular weight is 330 g/mol. The van der Waals surface area contributed by atoms with Gasteiger partial charge in [0.1, 0.15) is 5.76 Å². The third-order valence-corrected chi connectivity index (χ3v) is 3.22. The van der Waals surface area contributed by atoms with Crippen LogP contribution >= 0.6 is 0 Å². The summed E-state index contributed by atoms with van der Waals surface area (Å²) in [5.74, 6) is -0.308. The molecule has 0 unspecified atom stereocenters. The number of hydrogen-bond acceptors (Lipinski definition) is 5. The fourth-order valence-electron chi connectivity index (χ4n) is 1.93. The molecule has 2 N–H and O–H groups in total. The van der Waals surface area contributed by atoms with Crippen molar-refractivity contribution in [3.63, 3.8) is 0 Å². The Labute approximate surface area is 139 Å². The molecule has 2 aromatic rings. The van der Waals surface area contributed by atoms with E-state index >= 15 is 0 Å². The summed E-state index contributed by atoms with van der Waals surface area (Å²) in [7, 11) is 1.27. The second kappa shape index (κ2) is 8.52. The average Bonchev–Trinajstić information content (AvgIpc) is 3.11. The van der Waals surface area contributed by atoms with Crippen molar-refractivity contribution < 1.29 is 23.5 Å². The van der Waals surface area contributed by atoms with E-state index in [4.69, 9.17) is 4.42 Å². The molecule has 0 aliphatic rings. The highest BCUT2D eigenvalue weighted by molar-refractivity contribution is 5.96. The topological polar surface area (TPSA) is 97.6 Å². The highest BCUT2D eigenvalue weighted by atomic mass is 16.5. The summed E-state index contributed by atoms with van der Waals surface area (Å²) < 4.78 is 9.61. The zero-order valence-electron chi connectivity index (χ0n) is 13.2. The highest BCUT2D eigenvalue weighted by Crippen LogP contribution is 2.11. The third kappa shape index (κ3) is 5.28. The largest absolute Gasteiger partial charge is 0.469 e. The van der Waals surface area contributed by atoms with Gasteiger partial charge in [0.25, 0.3) is 5.91 Å². The number of methoxy groups -OCH3 is 1. The minimum atomic E-state index is -0.436. The maximum atomic E-state index is 12.0. The maximum absolute atomic E-state index is 12.0. The highest BCUT2D eigenvalue weighted by Gasteiger charge is 2.09. The van der Waals surface area contributed by atoms with Gasteiger partial charge < -0.3 is 19.8 Å². The van der Waals surface area contributed by atoms with Crippen molar-refractivity contribution in [2.45, 2.75) is 19.4 Å². The first-order valence-electron chi connectivity index (χ1n) is 7.36. The molecule has 7 nitrogen and oxygen atoms in total. The number of nitrogens with one attached hydrogen (secondary N) is 2. The van der Waals surface area contributed by atoms with Gasteiger partial charge in [-0.15, -0.1) is 0 Å². The molecule has 0 radical (unpaired) electrons. The van der Waals surface area contributed by atoms with Crippen LogP contribution in [0, 0.1) is 0 Å². The smallest absolute Gasteiger partial charge is 0.306 e. The summed E-state index contributed by atoms with van der Waals surface area (Å²) in [6, 6.07) is 9.98. The first kappa shape index (κ1) is 17.3. The van der Waals surface area contributed by atoms with Gasteiger partial charge in [-0.05, 0) is 36.4 Å². The van der Waals surface area contributed by atoms with Crippen molar-refractivity contribution in [1.29, 1.82) is 0 Å². The monoisotopic (exact) mass is 330 g/mol. The Bertz CT molecular complexity index is 692. The van der Waals surface area contributed by atoms with Crippen LogP contribution in [0.25, 0.3) is 0 Å². The lowest BCUT2D eigenvalue weighted by molar-refractivity contribution is -0.141. The molecule has 0 atom stereocenters. The van der Waals surface area contributed by atoms with Crippen molar-refractivity contribution in [3.05, 3.63) is 54.0 Å². The van der Waals surface area contributed by atoms with Crippen LogP contribution in [-0.2, 0) is 20.9 Å². The van der Waals surface area contributed by atoms with Crippen molar-refractivity contribution in [1.82, 2.24) is 5.32 Å². The molecular formula is C17H18N2O5. The molecule has 0 aliphatic heterocycles. The predicted molar refractivity (Wildman–Crippen MR) is 86.2 cm³/mol. The fraction of sp³-hybridized carbons (Fsp3) is 0.235. The lowest BCUT2D eigenvalue weighted by Gasteiger charge is -2.07. The van der Waals surface area contributed by atoms with Crippen LogP contribution in [0.2, 0.25) is 0 Å². The fourth-order valence-corrected chi connectivity index (χ4v) is 1.93. The molecule has 0 saturated carbocycles. The molecule has 0 aliphatic carbocycles. The van der Waals surface area contributed by atoms with Crippen LogP contribution < -0.4 is 10.6 Å². The molecule has 1 aromatic heterocycles. The zero-order chi connectivity index (χ0) is 17.4. The number of ether oxygens (including phenoxy) is 1. The zero-order valence-corrected chi connectivity index (χ0v) is 13.2. The van der Waals surface area contributed by atoms with Gasteiger partial charge in [-0.1, -0.05) is 0 Å². The summed E-state index contributed by atoms with van der Waals surface area (Å²) in [5, 5.41) is 5.38. The van der Waals surface area contributed by atoms with Gasteiger partial charge in [-0.2, -0.15) is 0 Å². The van der Waals surface area contributed by atoms with Crippen molar-refractivity contribution in [2.75, 3.05) is 12.4 Å². The molecule has 0 bridgehead atoms. The van der Waals surface area contributed by atoms with Gasteiger partial charge in [0.15, 0.2) is 0 Å². The molecule has 1 heterocycles. The van der Waals surface area contributed by atoms with E-state index in [1.807, 2.05) is 0 Å². The van der Waals surface area contributed by atoms with Crippen LogP contribution in [0.3, 0.4) is 0 Å². The van der Waals surface area contributed by atoms with Crippen molar-refractivity contribution in [2.24, 2.45) is 0 Å². The molecule has 0 fully saturated rings. The quantitative estimate of drug-likeness (QED) is 0.758. The predicted octanol–water partition coefficient (Wildman–Crippen LogP) is 2.10. The number of hydrogen-bond donors (Lipinski definition) is 2. The number of furan rings is 1. The maximum Gasteiger partial charge on any atom is 0.306 e. The molecule has 7 heteroatoms. The Balaban J connectivity index is 1.82. The van der Waals surface area contributed by atoms with Gasteiger partial charge in [-0.3, -0.25) is 14.4 Å². The minimum absolute atomic E-state index is 0.0234. The molecule has 1 aromatic carbocycles. The Kier molecular flexibility index (Phi) is 6.13. The summed E-state index contributed by atoms with van der Waals surface area (Å²) in [4.78, 5) is 34.7. The summed E-state index contributed by atoms with van der Waals surface area (Å²) in [6.45, 7) is 0.303. The molecule has 24 heavy (non-hydrogen) atoms. The van der Waals surface area contributed by atoms with E-state index in [-0.39, 0.29) is 24.7 Å². The molecule has 2 amide bonds. The lowest BCUT2D eigenvalue weighted by Crippen LogP contribution is -2.22. The number of anilines is 1. The normalized spacial score (nSPS) is 10.0. The second-order valence-electron chi connectivity index (χ2n) is 4.96. The van der Waals surface area contributed by atoms with Crippen LogP contribution in [0.4, 0.5) is 5.69 Å². The van der Waals surface area contributed by atoms with Crippen LogP contribution in [0.5, 0.6) is 0 Å². The molecule has 0 spiro atoms. The number of esters is 1. The standard InChI is InChI=1S/C17H18N2O5/c1-23-16(21)9-8-15(20)19-13-6-4-12(5-7-13)17(22)18-11-14-3-2-10-24-14/h2-7,10H,8-9,11H2,1H3,(H,18,22)(H,19,20). The Morgan fingerprint density at radius 2 is 1.83 bits per heavy atom. The van der Waals surface area contributed by atoms with Gasteiger partial charge in [0, 0.05) is 17.7 Å². The molecule has 2 rings (SSSR count). The Hall–Kier alpha value is -3.09. The van der Waals surface area contributed by atoms with Crippen LogP contribution in [0.1, 0.15) is 29.0 Å². The minimum Gasteiger partial charge on any atom is -0.469 e. The Morgan fingerprint density at radius 1 is 1.08 bits per heavy atom. The lowest BCUT2D eigenvalue weighted by atomic mass is 10.2. The molecule has 0 saturated heterocycles. The molecular weight excluding hydrogens is 312 g/mol. The summed E-state index contributed by atoms with van der Waals surface area (Å²) in [6.07, 6.45) is 1.60. The van der Waals surface area contributed by atoms with Crippen LogP contribution in [-0.4, -0.2) is 24.9 Å². The van der Waals surface area contributed by atoms with E-state index in [0.717, 1.165) is 0 Å². The number of carbonyl (C=O) groups is 3. The third-order valence-electron chi connectivity index (χ3n) is 3.22. The SMILES string of the molecule is COC(=O)CCC(=O)Nc1ccc(C(=O)NCc2ccco2)cc1. The van der Waals surface area contributed by atoms with Gasteiger partial charge >= 0.3 is 5.97 Å². The van der Waals surface area contributed by atoms with E-state index in [2.05, 4.69) is 15.4 Å². The van der Waals surface area contributed by atoms with Crippen molar-refractivity contribution >= 4 is 23.5 Å². The van der Waals surface area contributed by atoms with E-state index in [0.29, 0.717) is 23.6 Å². The Morgan fingerprint density at radius 3 is 2.46 bits per heavy atom. The van der Waals surface area contributed by atoms with E-state index < -0.39 is 5.97 Å². The van der Waals surface area contributed by atoms with Gasteiger partial charge in [0.05, 0.1) is 26.3 Å². The van der Waals surface area contributed by atoms with E-state index in [1.165, 1.54) is 7.11 Å². The number of carbonyl (C=O) groups excluding carboxylic acids is 3. The number of amides is 2. The van der Waals surface area contributed by atoms with E-state index in [1.54, 1.807) is 42.7 Å². The second-order valence-corrected chi connectivity index (χ2v) is 4.96. The van der Waals surface area contributed by atoms with E-state index in [9.17, 15) is 14.4 Å². The van der Waals surface area contributed by atoms with Crippen LogP contribution in [0.15, 0.2) is 47.1 Å². The molecule has 126 valence electrons. The first-order chi connectivity index (χ1) is 11.6. The van der Waals surface area contributed by atoms with Gasteiger partial charge in [-0.25, -0.2) is 0 Å². The van der Waals surface area contributed by atoms with Crippen molar-refractivity contribution in [3.8, 4) is 0 Å².